The van der Waals surface area contributed by atoms with E-state index in [1.807, 2.05) is 12.3 Å². The molecule has 2 aromatic heterocycles. The number of rotatable bonds is 9. The van der Waals surface area contributed by atoms with Crippen LogP contribution in [0.1, 0.15) is 31.7 Å². The van der Waals surface area contributed by atoms with Crippen LogP contribution in [0.2, 0.25) is 0 Å². The molecule has 0 amide bonds. The Labute approximate surface area is 128 Å². The van der Waals surface area contributed by atoms with Crippen LogP contribution in [0.4, 0.5) is 11.9 Å². The van der Waals surface area contributed by atoms with E-state index >= 15 is 0 Å². The summed E-state index contributed by atoms with van der Waals surface area (Å²) in [6.45, 7) is 6.11. The van der Waals surface area contributed by atoms with Crippen LogP contribution in [0.25, 0.3) is 0 Å². The number of nitrogens with one attached hydrogen (secondary N) is 2. The Balaban J connectivity index is 2.05. The highest BCUT2D eigenvalue weighted by Gasteiger charge is 2.07. The first-order valence-corrected chi connectivity index (χ1v) is 7.94. The maximum atomic E-state index is 5.50. The topological polar surface area (TPSA) is 84.9 Å². The van der Waals surface area contributed by atoms with Gasteiger partial charge in [-0.2, -0.15) is 15.0 Å². The van der Waals surface area contributed by atoms with Crippen LogP contribution in [0.3, 0.4) is 0 Å². The molecular weight excluding hydrogens is 288 g/mol. The van der Waals surface area contributed by atoms with Crippen LogP contribution in [-0.2, 0) is 6.54 Å². The van der Waals surface area contributed by atoms with E-state index in [1.54, 1.807) is 17.5 Å². The van der Waals surface area contributed by atoms with Crippen LogP contribution in [0.15, 0.2) is 11.6 Å². The van der Waals surface area contributed by atoms with Gasteiger partial charge >= 0.3 is 6.01 Å². The molecule has 2 heterocycles. The van der Waals surface area contributed by atoms with Crippen molar-refractivity contribution in [3.63, 3.8) is 0 Å². The highest BCUT2D eigenvalue weighted by Crippen LogP contribution is 2.13. The van der Waals surface area contributed by atoms with Gasteiger partial charge in [-0.05, 0) is 12.8 Å². The lowest BCUT2D eigenvalue weighted by molar-refractivity contribution is 0.292. The standard InChI is InChI=1S/C13H20N6OS/c1-3-5-15-11-17-12(16-9-10-14-6-8-21-10)19-13(18-11)20-7-4-2/h6,8H,3-5,7,9H2,1-2H3,(H2,15,16,17,18,19). The molecule has 21 heavy (non-hydrogen) atoms. The average molecular weight is 308 g/mol. The SMILES string of the molecule is CCCNc1nc(NCc2nccs2)nc(OCCC)n1. The van der Waals surface area contributed by atoms with Gasteiger partial charge in [0, 0.05) is 18.1 Å². The highest BCUT2D eigenvalue weighted by molar-refractivity contribution is 7.09. The molecule has 0 aromatic carbocycles. The number of aromatic nitrogens is 4. The normalized spacial score (nSPS) is 10.4. The lowest BCUT2D eigenvalue weighted by Crippen LogP contribution is -2.11. The molecule has 0 atom stereocenters. The van der Waals surface area contributed by atoms with Gasteiger partial charge in [0.05, 0.1) is 13.2 Å². The molecule has 0 saturated heterocycles. The van der Waals surface area contributed by atoms with Crippen molar-refractivity contribution >= 4 is 23.2 Å². The molecule has 0 saturated carbocycles. The van der Waals surface area contributed by atoms with Gasteiger partial charge in [0.2, 0.25) is 11.9 Å². The molecular formula is C13H20N6OS. The van der Waals surface area contributed by atoms with E-state index in [-0.39, 0.29) is 0 Å². The molecule has 2 aromatic rings. The van der Waals surface area contributed by atoms with Crippen LogP contribution < -0.4 is 15.4 Å². The molecule has 0 unspecified atom stereocenters. The second-order valence-electron chi connectivity index (χ2n) is 4.32. The predicted molar refractivity (Wildman–Crippen MR) is 83.8 cm³/mol. The predicted octanol–water partition coefficient (Wildman–Crippen LogP) is 2.55. The van der Waals surface area contributed by atoms with Crippen molar-refractivity contribution < 1.29 is 4.74 Å². The van der Waals surface area contributed by atoms with E-state index in [4.69, 9.17) is 4.74 Å². The molecule has 2 rings (SSSR count). The van der Waals surface area contributed by atoms with Crippen molar-refractivity contribution in [1.82, 2.24) is 19.9 Å². The van der Waals surface area contributed by atoms with E-state index in [0.717, 1.165) is 24.4 Å². The van der Waals surface area contributed by atoms with Gasteiger partial charge in [-0.1, -0.05) is 13.8 Å². The monoisotopic (exact) mass is 308 g/mol. The number of ether oxygens (including phenoxy) is 1. The summed E-state index contributed by atoms with van der Waals surface area (Å²) >= 11 is 1.59. The summed E-state index contributed by atoms with van der Waals surface area (Å²) in [5.74, 6) is 1.02. The molecule has 0 bridgehead atoms. The summed E-state index contributed by atoms with van der Waals surface area (Å²) in [5.41, 5.74) is 0. The van der Waals surface area contributed by atoms with E-state index in [0.29, 0.717) is 31.1 Å². The van der Waals surface area contributed by atoms with Crippen molar-refractivity contribution in [1.29, 1.82) is 0 Å². The fraction of sp³-hybridized carbons (Fsp3) is 0.538. The summed E-state index contributed by atoms with van der Waals surface area (Å²) in [7, 11) is 0. The Morgan fingerprint density at radius 2 is 1.90 bits per heavy atom. The lowest BCUT2D eigenvalue weighted by atomic mass is 10.5. The first-order valence-electron chi connectivity index (χ1n) is 7.06. The molecule has 0 aliphatic heterocycles. The molecule has 0 spiro atoms. The number of thiazole rings is 1. The summed E-state index contributed by atoms with van der Waals surface area (Å²) in [5, 5.41) is 9.22. The lowest BCUT2D eigenvalue weighted by Gasteiger charge is -2.09. The Bertz CT molecular complexity index is 507. The van der Waals surface area contributed by atoms with Crippen molar-refractivity contribution in [2.45, 2.75) is 33.2 Å². The molecule has 0 fully saturated rings. The van der Waals surface area contributed by atoms with E-state index < -0.39 is 0 Å². The quantitative estimate of drug-likeness (QED) is 0.736. The van der Waals surface area contributed by atoms with E-state index in [9.17, 15) is 0 Å². The zero-order valence-corrected chi connectivity index (χ0v) is 13.1. The Morgan fingerprint density at radius 1 is 1.10 bits per heavy atom. The molecule has 8 heteroatoms. The molecule has 0 radical (unpaired) electrons. The van der Waals surface area contributed by atoms with Crippen LogP contribution in [-0.4, -0.2) is 33.1 Å². The second kappa shape index (κ2) is 8.35. The van der Waals surface area contributed by atoms with Crippen LogP contribution in [0.5, 0.6) is 6.01 Å². The minimum atomic E-state index is 0.340. The highest BCUT2D eigenvalue weighted by atomic mass is 32.1. The van der Waals surface area contributed by atoms with Crippen molar-refractivity contribution in [2.75, 3.05) is 23.8 Å². The van der Waals surface area contributed by atoms with Gasteiger partial charge in [-0.25, -0.2) is 4.98 Å². The molecule has 2 N–H and O–H groups in total. The molecule has 0 aliphatic rings. The minimum absolute atomic E-state index is 0.340. The largest absolute Gasteiger partial charge is 0.463 e. The average Bonchev–Trinajstić information content (AvgIpc) is 3.02. The summed E-state index contributed by atoms with van der Waals surface area (Å²) in [6.07, 6.45) is 3.68. The van der Waals surface area contributed by atoms with Gasteiger partial charge in [-0.3, -0.25) is 0 Å². The van der Waals surface area contributed by atoms with E-state index in [1.165, 1.54) is 0 Å². The van der Waals surface area contributed by atoms with Crippen molar-refractivity contribution in [2.24, 2.45) is 0 Å². The second-order valence-corrected chi connectivity index (χ2v) is 5.30. The van der Waals surface area contributed by atoms with Crippen molar-refractivity contribution in [3.8, 4) is 6.01 Å². The Hall–Kier alpha value is -1.96. The van der Waals surface area contributed by atoms with Crippen molar-refractivity contribution in [3.05, 3.63) is 16.6 Å². The molecule has 7 nitrogen and oxygen atoms in total. The van der Waals surface area contributed by atoms with Crippen LogP contribution in [0, 0.1) is 0 Å². The maximum absolute atomic E-state index is 5.50. The minimum Gasteiger partial charge on any atom is -0.463 e. The van der Waals surface area contributed by atoms with Gasteiger partial charge in [0.15, 0.2) is 0 Å². The van der Waals surface area contributed by atoms with Gasteiger partial charge in [0.25, 0.3) is 0 Å². The number of hydrogen-bond donors (Lipinski definition) is 2. The van der Waals surface area contributed by atoms with Gasteiger partial charge in [0.1, 0.15) is 5.01 Å². The van der Waals surface area contributed by atoms with Gasteiger partial charge < -0.3 is 15.4 Å². The third-order valence-electron chi connectivity index (χ3n) is 2.46. The molecule has 114 valence electrons. The first kappa shape index (κ1) is 15.4. The van der Waals surface area contributed by atoms with Crippen LogP contribution >= 0.6 is 11.3 Å². The number of nitrogens with zero attached hydrogens (tertiary/aromatic N) is 4. The maximum Gasteiger partial charge on any atom is 0.323 e. The smallest absolute Gasteiger partial charge is 0.323 e. The molecule has 0 aliphatic carbocycles. The summed E-state index contributed by atoms with van der Waals surface area (Å²) in [4.78, 5) is 17.0. The summed E-state index contributed by atoms with van der Waals surface area (Å²) < 4.78 is 5.50. The van der Waals surface area contributed by atoms with Gasteiger partial charge in [-0.15, -0.1) is 11.3 Å². The third-order valence-corrected chi connectivity index (χ3v) is 3.24. The number of hydrogen-bond acceptors (Lipinski definition) is 8. The van der Waals surface area contributed by atoms with E-state index in [2.05, 4.69) is 37.5 Å². The zero-order chi connectivity index (χ0) is 14.9. The fourth-order valence-corrected chi connectivity index (χ4v) is 2.06. The third kappa shape index (κ3) is 5.14. The zero-order valence-electron chi connectivity index (χ0n) is 12.3. The Morgan fingerprint density at radius 3 is 2.57 bits per heavy atom. The fourth-order valence-electron chi connectivity index (χ4n) is 1.50. The summed E-state index contributed by atoms with van der Waals surface area (Å²) in [6, 6.07) is 0.340. The first-order chi connectivity index (χ1) is 10.3. The Kier molecular flexibility index (Phi) is 6.14. The number of anilines is 2.